The topological polar surface area (TPSA) is 15.6 Å². The van der Waals surface area contributed by atoms with E-state index < -0.39 is 0 Å². The maximum absolute atomic E-state index is 4.26. The van der Waals surface area contributed by atoms with Crippen molar-refractivity contribution >= 4 is 6.34 Å². The third kappa shape index (κ3) is 3.81. The predicted molar refractivity (Wildman–Crippen MR) is 50.8 cm³/mol. The van der Waals surface area contributed by atoms with Gasteiger partial charge in [-0.15, -0.1) is 0 Å². The van der Waals surface area contributed by atoms with Crippen LogP contribution in [0.1, 0.15) is 27.7 Å². The van der Waals surface area contributed by atoms with Gasteiger partial charge in [0.1, 0.15) is 0 Å². The zero-order valence-electron chi connectivity index (χ0n) is 8.13. The molecule has 0 aromatic rings. The van der Waals surface area contributed by atoms with E-state index in [1.54, 1.807) is 0 Å². The molecule has 0 saturated heterocycles. The molecule has 0 N–H and O–H groups in total. The molecule has 64 valence electrons. The monoisotopic (exact) mass is 154 g/mol. The van der Waals surface area contributed by atoms with Crippen molar-refractivity contribution in [2.75, 3.05) is 7.05 Å². The zero-order chi connectivity index (χ0) is 8.91. The van der Waals surface area contributed by atoms with Crippen LogP contribution in [0, 0.1) is 0 Å². The van der Waals surface area contributed by atoms with Crippen LogP contribution in [0.15, 0.2) is 17.3 Å². The van der Waals surface area contributed by atoms with E-state index in [-0.39, 0.29) is 5.54 Å². The minimum atomic E-state index is 0.00646. The van der Waals surface area contributed by atoms with Gasteiger partial charge in [-0.25, -0.2) is 0 Å². The SMILES string of the molecule is CC.CN1C=CC(C)(C)N=C1. The second-order valence-corrected chi connectivity index (χ2v) is 2.88. The molecule has 0 unspecified atom stereocenters. The van der Waals surface area contributed by atoms with Crippen molar-refractivity contribution < 1.29 is 0 Å². The van der Waals surface area contributed by atoms with Gasteiger partial charge in [0.15, 0.2) is 0 Å². The van der Waals surface area contributed by atoms with Gasteiger partial charge in [-0.3, -0.25) is 4.99 Å². The summed E-state index contributed by atoms with van der Waals surface area (Å²) in [5, 5.41) is 0. The van der Waals surface area contributed by atoms with E-state index in [2.05, 4.69) is 24.9 Å². The normalized spacial score (nSPS) is 19.2. The van der Waals surface area contributed by atoms with Gasteiger partial charge >= 0.3 is 0 Å². The molecule has 0 aliphatic carbocycles. The summed E-state index contributed by atoms with van der Waals surface area (Å²) in [4.78, 5) is 6.19. The predicted octanol–water partition coefficient (Wildman–Crippen LogP) is 2.28. The molecule has 0 aromatic heterocycles. The van der Waals surface area contributed by atoms with Gasteiger partial charge in [0.25, 0.3) is 0 Å². The Labute approximate surface area is 69.6 Å². The second kappa shape index (κ2) is 4.16. The highest BCUT2D eigenvalue weighted by molar-refractivity contribution is 5.58. The van der Waals surface area contributed by atoms with E-state index in [0.717, 1.165) is 0 Å². The van der Waals surface area contributed by atoms with Crippen molar-refractivity contribution in [1.82, 2.24) is 4.90 Å². The Bertz CT molecular complexity index is 141. The molecule has 1 aliphatic heterocycles. The lowest BCUT2D eigenvalue weighted by Gasteiger charge is -2.21. The summed E-state index contributed by atoms with van der Waals surface area (Å²) in [5.41, 5.74) is 0.00646. The van der Waals surface area contributed by atoms with Crippen LogP contribution < -0.4 is 0 Å². The molecule has 2 heteroatoms. The molecule has 0 amide bonds. The first-order chi connectivity index (χ1) is 5.10. The van der Waals surface area contributed by atoms with Gasteiger partial charge < -0.3 is 4.90 Å². The lowest BCUT2D eigenvalue weighted by atomic mass is 10.1. The Morgan fingerprint density at radius 1 is 1.27 bits per heavy atom. The summed E-state index contributed by atoms with van der Waals surface area (Å²) in [7, 11) is 1.97. The Morgan fingerprint density at radius 3 is 2.09 bits per heavy atom. The van der Waals surface area contributed by atoms with Crippen LogP contribution in [-0.2, 0) is 0 Å². The van der Waals surface area contributed by atoms with Crippen molar-refractivity contribution in [2.24, 2.45) is 4.99 Å². The molecule has 11 heavy (non-hydrogen) atoms. The number of nitrogens with zero attached hydrogens (tertiary/aromatic N) is 2. The standard InChI is InChI=1S/C7H12N2.C2H6/c1-7(2)4-5-9(3)6-8-7;1-2/h4-6H,1-3H3;1-2H3. The molecular formula is C9H18N2. The molecule has 0 bridgehead atoms. The third-order valence-corrected chi connectivity index (χ3v) is 1.29. The van der Waals surface area contributed by atoms with Crippen LogP contribution in [0.4, 0.5) is 0 Å². The average Bonchev–Trinajstić information content (AvgIpc) is 2.00. The molecule has 0 radical (unpaired) electrons. The summed E-state index contributed by atoms with van der Waals surface area (Å²) in [6.07, 6.45) is 5.93. The van der Waals surface area contributed by atoms with Crippen LogP contribution >= 0.6 is 0 Å². The first-order valence-corrected chi connectivity index (χ1v) is 4.07. The Morgan fingerprint density at radius 2 is 1.82 bits per heavy atom. The highest BCUT2D eigenvalue weighted by Gasteiger charge is 2.12. The van der Waals surface area contributed by atoms with E-state index in [0.29, 0.717) is 0 Å². The fourth-order valence-electron chi connectivity index (χ4n) is 0.621. The van der Waals surface area contributed by atoms with Crippen molar-refractivity contribution in [3.8, 4) is 0 Å². The van der Waals surface area contributed by atoms with Gasteiger partial charge in [0.05, 0.1) is 11.9 Å². The lowest BCUT2D eigenvalue weighted by molar-refractivity contribution is 0.584. The first-order valence-electron chi connectivity index (χ1n) is 4.07. The minimum Gasteiger partial charge on any atom is -0.343 e. The average molecular weight is 154 g/mol. The van der Waals surface area contributed by atoms with Crippen molar-refractivity contribution in [1.29, 1.82) is 0 Å². The first kappa shape index (κ1) is 10.2. The third-order valence-electron chi connectivity index (χ3n) is 1.29. The number of hydrogen-bond acceptors (Lipinski definition) is 2. The molecular weight excluding hydrogens is 136 g/mol. The largest absolute Gasteiger partial charge is 0.343 e. The molecule has 0 fully saturated rings. The van der Waals surface area contributed by atoms with Gasteiger partial charge in [0, 0.05) is 13.2 Å². The van der Waals surface area contributed by atoms with Gasteiger partial charge in [-0.1, -0.05) is 13.8 Å². The van der Waals surface area contributed by atoms with E-state index in [4.69, 9.17) is 0 Å². The maximum Gasteiger partial charge on any atom is 0.0897 e. The van der Waals surface area contributed by atoms with E-state index in [9.17, 15) is 0 Å². The van der Waals surface area contributed by atoms with Crippen LogP contribution in [0.3, 0.4) is 0 Å². The minimum absolute atomic E-state index is 0.00646. The van der Waals surface area contributed by atoms with Gasteiger partial charge in [-0.2, -0.15) is 0 Å². The molecule has 0 atom stereocenters. The molecule has 1 aliphatic rings. The highest BCUT2D eigenvalue weighted by atomic mass is 15.1. The maximum atomic E-state index is 4.26. The summed E-state index contributed by atoms with van der Waals surface area (Å²) in [6.45, 7) is 8.15. The molecule has 1 rings (SSSR count). The molecule has 1 heterocycles. The van der Waals surface area contributed by atoms with Crippen molar-refractivity contribution in [3.05, 3.63) is 12.3 Å². The number of hydrogen-bond donors (Lipinski definition) is 0. The van der Waals surface area contributed by atoms with Crippen LogP contribution in [0.5, 0.6) is 0 Å². The Hall–Kier alpha value is -0.790. The zero-order valence-corrected chi connectivity index (χ0v) is 8.13. The quantitative estimate of drug-likeness (QED) is 0.522. The van der Waals surface area contributed by atoms with E-state index >= 15 is 0 Å². The second-order valence-electron chi connectivity index (χ2n) is 2.88. The number of rotatable bonds is 0. The summed E-state index contributed by atoms with van der Waals surface area (Å²) in [5.74, 6) is 0. The summed E-state index contributed by atoms with van der Waals surface area (Å²) in [6, 6.07) is 0. The van der Waals surface area contributed by atoms with Crippen LogP contribution in [0.25, 0.3) is 0 Å². The Kier molecular flexibility index (Phi) is 3.86. The summed E-state index contributed by atoms with van der Waals surface area (Å²) >= 11 is 0. The molecule has 2 nitrogen and oxygen atoms in total. The fraction of sp³-hybridized carbons (Fsp3) is 0.667. The van der Waals surface area contributed by atoms with Gasteiger partial charge in [-0.05, 0) is 19.9 Å². The smallest absolute Gasteiger partial charge is 0.0897 e. The van der Waals surface area contributed by atoms with Crippen LogP contribution in [0.2, 0.25) is 0 Å². The summed E-state index contributed by atoms with van der Waals surface area (Å²) < 4.78 is 0. The molecule has 0 aromatic carbocycles. The van der Waals surface area contributed by atoms with Crippen molar-refractivity contribution in [3.63, 3.8) is 0 Å². The lowest BCUT2D eigenvalue weighted by Crippen LogP contribution is -2.22. The molecule has 0 saturated carbocycles. The highest BCUT2D eigenvalue weighted by Crippen LogP contribution is 2.13. The van der Waals surface area contributed by atoms with Crippen LogP contribution in [-0.4, -0.2) is 23.8 Å². The number of aliphatic imine (C=N–C) groups is 1. The van der Waals surface area contributed by atoms with Crippen molar-refractivity contribution in [2.45, 2.75) is 33.2 Å². The molecule has 0 spiro atoms. The van der Waals surface area contributed by atoms with E-state index in [1.165, 1.54) is 0 Å². The van der Waals surface area contributed by atoms with Gasteiger partial charge in [0.2, 0.25) is 0 Å². The Balaban J connectivity index is 0.000000461. The van der Waals surface area contributed by atoms with E-state index in [1.807, 2.05) is 38.3 Å². The fourth-order valence-corrected chi connectivity index (χ4v) is 0.621.